The predicted molar refractivity (Wildman–Crippen MR) is 81.4 cm³/mol. The van der Waals surface area contributed by atoms with Crippen LogP contribution in [0.3, 0.4) is 0 Å². The summed E-state index contributed by atoms with van der Waals surface area (Å²) in [6.07, 6.45) is -2.18. The van der Waals surface area contributed by atoms with Crippen LogP contribution in [-0.4, -0.2) is 13.2 Å². The van der Waals surface area contributed by atoms with Crippen molar-refractivity contribution < 1.29 is 35.7 Å². The maximum atomic E-state index is 13.3. The van der Waals surface area contributed by atoms with E-state index in [0.29, 0.717) is 25.0 Å². The molecule has 0 saturated heterocycles. The van der Waals surface area contributed by atoms with Gasteiger partial charge in [0.05, 0.1) is 18.8 Å². The lowest BCUT2D eigenvalue weighted by atomic mass is 10.2. The number of alkyl halides is 3. The quantitative estimate of drug-likeness (QED) is 0.289. The molecule has 0 unspecified atom stereocenters. The van der Waals surface area contributed by atoms with E-state index in [0.717, 1.165) is 18.9 Å². The molecular formula is C15H21F4O4P. The number of unbranched alkanes of at least 4 members (excludes halogenated alkanes) is 2. The largest absolute Gasteiger partial charge is 0.530 e. The van der Waals surface area contributed by atoms with E-state index in [9.17, 15) is 22.1 Å². The Hall–Kier alpha value is -1.11. The maximum Gasteiger partial charge on any atom is 0.530 e. The fourth-order valence-corrected chi connectivity index (χ4v) is 2.90. The molecule has 0 amide bonds. The molecule has 0 aromatic heterocycles. The van der Waals surface area contributed by atoms with Gasteiger partial charge in [-0.3, -0.25) is 9.05 Å². The Bertz CT molecular complexity index is 549. The lowest BCUT2D eigenvalue weighted by Crippen LogP contribution is -2.09. The molecule has 0 aliphatic heterocycles. The van der Waals surface area contributed by atoms with Crippen molar-refractivity contribution in [3.63, 3.8) is 0 Å². The summed E-state index contributed by atoms with van der Waals surface area (Å²) in [7, 11) is -4.08. The van der Waals surface area contributed by atoms with Gasteiger partial charge < -0.3 is 4.52 Å². The van der Waals surface area contributed by atoms with Gasteiger partial charge in [-0.05, 0) is 31.0 Å². The minimum Gasteiger partial charge on any atom is -0.404 e. The number of hydrogen-bond donors (Lipinski definition) is 0. The highest BCUT2D eigenvalue weighted by Gasteiger charge is 2.36. The van der Waals surface area contributed by atoms with E-state index in [2.05, 4.69) is 0 Å². The highest BCUT2D eigenvalue weighted by atomic mass is 31.2. The number of rotatable bonds is 10. The third kappa shape index (κ3) is 6.79. The van der Waals surface area contributed by atoms with Crippen LogP contribution in [0.15, 0.2) is 18.2 Å². The van der Waals surface area contributed by atoms with Crippen molar-refractivity contribution in [3.8, 4) is 5.75 Å². The summed E-state index contributed by atoms with van der Waals surface area (Å²) in [5.74, 6) is -1.87. The maximum absolute atomic E-state index is 13.3. The Kier molecular flexibility index (Phi) is 8.19. The standard InChI is InChI=1S/C15H21F4O4P/c1-3-5-9-21-24(20,22-10-6-4-2)23-12-7-8-14(16)13(11-12)15(17,18)19/h7-8,11H,3-6,9-10H2,1-2H3. The van der Waals surface area contributed by atoms with E-state index in [1.807, 2.05) is 13.8 Å². The first-order valence-corrected chi connectivity index (χ1v) is 9.13. The summed E-state index contributed by atoms with van der Waals surface area (Å²) in [4.78, 5) is 0. The third-order valence-corrected chi connectivity index (χ3v) is 4.39. The number of phosphoric ester groups is 1. The molecule has 0 aliphatic carbocycles. The summed E-state index contributed by atoms with van der Waals surface area (Å²) in [5.41, 5.74) is -1.51. The van der Waals surface area contributed by atoms with Gasteiger partial charge in [0.15, 0.2) is 0 Å². The zero-order chi connectivity index (χ0) is 18.2. The van der Waals surface area contributed by atoms with Crippen LogP contribution < -0.4 is 4.52 Å². The molecule has 0 fully saturated rings. The van der Waals surface area contributed by atoms with Gasteiger partial charge in [0.25, 0.3) is 0 Å². The van der Waals surface area contributed by atoms with Crippen molar-refractivity contribution in [2.75, 3.05) is 13.2 Å². The molecule has 1 aromatic carbocycles. The molecule has 138 valence electrons. The molecule has 0 spiro atoms. The van der Waals surface area contributed by atoms with Crippen LogP contribution in [0, 0.1) is 5.82 Å². The molecule has 0 N–H and O–H groups in total. The van der Waals surface area contributed by atoms with E-state index in [-0.39, 0.29) is 13.2 Å². The fourth-order valence-electron chi connectivity index (χ4n) is 1.64. The summed E-state index contributed by atoms with van der Waals surface area (Å²) in [6.45, 7) is 3.94. The zero-order valence-electron chi connectivity index (χ0n) is 13.6. The third-order valence-electron chi connectivity index (χ3n) is 2.96. The van der Waals surface area contributed by atoms with Gasteiger partial charge in [-0.1, -0.05) is 26.7 Å². The van der Waals surface area contributed by atoms with Crippen molar-refractivity contribution in [1.29, 1.82) is 0 Å². The zero-order valence-corrected chi connectivity index (χ0v) is 14.5. The summed E-state index contributed by atoms with van der Waals surface area (Å²) in [5, 5.41) is 0. The van der Waals surface area contributed by atoms with Crippen molar-refractivity contribution in [2.24, 2.45) is 0 Å². The van der Waals surface area contributed by atoms with Crippen molar-refractivity contribution in [1.82, 2.24) is 0 Å². The normalized spacial score (nSPS) is 12.4. The number of phosphoric acid groups is 1. The smallest absolute Gasteiger partial charge is 0.404 e. The van der Waals surface area contributed by atoms with E-state index in [1.165, 1.54) is 0 Å². The number of halogens is 4. The van der Waals surface area contributed by atoms with Crippen molar-refractivity contribution in [3.05, 3.63) is 29.6 Å². The molecule has 0 heterocycles. The van der Waals surface area contributed by atoms with Gasteiger partial charge in [0.2, 0.25) is 0 Å². The van der Waals surface area contributed by atoms with Gasteiger partial charge >= 0.3 is 14.0 Å². The summed E-state index contributed by atoms with van der Waals surface area (Å²) < 4.78 is 79.3. The van der Waals surface area contributed by atoms with Gasteiger partial charge in [-0.15, -0.1) is 0 Å². The molecule has 1 aromatic rings. The van der Waals surface area contributed by atoms with E-state index >= 15 is 0 Å². The van der Waals surface area contributed by atoms with Crippen LogP contribution in [-0.2, 0) is 19.8 Å². The molecule has 4 nitrogen and oxygen atoms in total. The van der Waals surface area contributed by atoms with Crippen LogP contribution in [0.5, 0.6) is 5.75 Å². The molecule has 9 heteroatoms. The topological polar surface area (TPSA) is 44.8 Å². The monoisotopic (exact) mass is 372 g/mol. The van der Waals surface area contributed by atoms with Gasteiger partial charge in [0, 0.05) is 0 Å². The molecular weight excluding hydrogens is 351 g/mol. The second-order valence-corrected chi connectivity index (χ2v) is 6.64. The molecule has 24 heavy (non-hydrogen) atoms. The molecule has 0 atom stereocenters. The molecule has 0 saturated carbocycles. The van der Waals surface area contributed by atoms with Crippen molar-refractivity contribution >= 4 is 7.82 Å². The lowest BCUT2D eigenvalue weighted by molar-refractivity contribution is -0.140. The minimum absolute atomic E-state index is 0.0766. The lowest BCUT2D eigenvalue weighted by Gasteiger charge is -2.19. The van der Waals surface area contributed by atoms with Gasteiger partial charge in [-0.2, -0.15) is 13.2 Å². The Balaban J connectivity index is 2.94. The van der Waals surface area contributed by atoms with Crippen LogP contribution in [0.2, 0.25) is 0 Å². The van der Waals surface area contributed by atoms with Gasteiger partial charge in [-0.25, -0.2) is 8.96 Å². The Labute approximate surface area is 138 Å². The first kappa shape index (κ1) is 20.9. The highest BCUT2D eigenvalue weighted by molar-refractivity contribution is 7.48. The summed E-state index contributed by atoms with van der Waals surface area (Å²) in [6, 6.07) is 1.98. The van der Waals surface area contributed by atoms with Crippen molar-refractivity contribution in [2.45, 2.75) is 45.7 Å². The first-order chi connectivity index (χ1) is 11.2. The van der Waals surface area contributed by atoms with Gasteiger partial charge in [0.1, 0.15) is 11.6 Å². The Morgan fingerprint density at radius 3 is 2.04 bits per heavy atom. The van der Waals surface area contributed by atoms with Crippen LogP contribution in [0.1, 0.15) is 45.1 Å². The van der Waals surface area contributed by atoms with Crippen LogP contribution >= 0.6 is 7.82 Å². The fraction of sp³-hybridized carbons (Fsp3) is 0.600. The van der Waals surface area contributed by atoms with Crippen LogP contribution in [0.4, 0.5) is 17.6 Å². The molecule has 0 aliphatic rings. The summed E-state index contributed by atoms with van der Waals surface area (Å²) >= 11 is 0. The predicted octanol–water partition coefficient (Wildman–Crippen LogP) is 5.96. The number of benzene rings is 1. The second-order valence-electron chi connectivity index (χ2n) is 5.05. The Morgan fingerprint density at radius 1 is 1.04 bits per heavy atom. The van der Waals surface area contributed by atoms with E-state index in [4.69, 9.17) is 13.6 Å². The average molecular weight is 372 g/mol. The molecule has 1 rings (SSSR count). The highest BCUT2D eigenvalue weighted by Crippen LogP contribution is 2.50. The average Bonchev–Trinajstić information content (AvgIpc) is 2.49. The SMILES string of the molecule is CCCCOP(=O)(OCCCC)Oc1ccc(F)c(C(F)(F)F)c1. The van der Waals surface area contributed by atoms with E-state index in [1.54, 1.807) is 0 Å². The Morgan fingerprint density at radius 2 is 1.58 bits per heavy atom. The minimum atomic E-state index is -4.89. The number of hydrogen-bond acceptors (Lipinski definition) is 4. The first-order valence-electron chi connectivity index (χ1n) is 7.67. The second kappa shape index (κ2) is 9.39. The van der Waals surface area contributed by atoms with Crippen LogP contribution in [0.25, 0.3) is 0 Å². The molecule has 0 radical (unpaired) electrons. The molecule has 0 bridgehead atoms. The van der Waals surface area contributed by atoms with E-state index < -0.39 is 31.1 Å².